The molecule has 0 spiro atoms. The summed E-state index contributed by atoms with van der Waals surface area (Å²) in [6.45, 7) is 0. The van der Waals surface area contributed by atoms with Crippen LogP contribution in [0.3, 0.4) is 0 Å². The Labute approximate surface area is 279 Å². The minimum atomic E-state index is 0.864. The summed E-state index contributed by atoms with van der Waals surface area (Å²) in [5.74, 6) is 0. The van der Waals surface area contributed by atoms with Crippen LogP contribution in [0.2, 0.25) is 0 Å². The van der Waals surface area contributed by atoms with Crippen molar-refractivity contribution < 1.29 is 4.42 Å². The van der Waals surface area contributed by atoms with E-state index in [0.717, 1.165) is 50.1 Å². The molecule has 0 amide bonds. The Morgan fingerprint density at radius 1 is 0.333 bits per heavy atom. The van der Waals surface area contributed by atoms with E-state index >= 15 is 0 Å². The maximum atomic E-state index is 6.76. The Bertz CT molecular complexity index is 2530. The van der Waals surface area contributed by atoms with E-state index in [9.17, 15) is 0 Å². The van der Waals surface area contributed by atoms with Crippen molar-refractivity contribution in [3.63, 3.8) is 0 Å². The molecule has 48 heavy (non-hydrogen) atoms. The van der Waals surface area contributed by atoms with Crippen LogP contribution in [0.25, 0.3) is 66.1 Å². The van der Waals surface area contributed by atoms with Gasteiger partial charge in [-0.3, -0.25) is 0 Å². The number of hydrogen-bond donors (Lipinski definition) is 0. The number of anilines is 3. The van der Waals surface area contributed by atoms with Crippen LogP contribution in [-0.4, -0.2) is 0 Å². The van der Waals surface area contributed by atoms with Gasteiger partial charge in [-0.2, -0.15) is 0 Å². The molecule has 0 N–H and O–H groups in total. The highest BCUT2D eigenvalue weighted by molar-refractivity contribution is 6.13. The Kier molecular flexibility index (Phi) is 6.84. The minimum absolute atomic E-state index is 0.864. The van der Waals surface area contributed by atoms with Crippen molar-refractivity contribution in [3.05, 3.63) is 188 Å². The predicted molar refractivity (Wildman–Crippen MR) is 202 cm³/mol. The number of nitrogens with zero attached hydrogens (tertiary/aromatic N) is 1. The van der Waals surface area contributed by atoms with Crippen molar-refractivity contribution in [2.75, 3.05) is 4.90 Å². The fourth-order valence-electron chi connectivity index (χ4n) is 6.96. The lowest BCUT2D eigenvalue weighted by Crippen LogP contribution is -2.11. The van der Waals surface area contributed by atoms with Gasteiger partial charge in [0.25, 0.3) is 0 Å². The first-order chi connectivity index (χ1) is 23.8. The molecule has 0 saturated heterocycles. The molecule has 8 aromatic carbocycles. The minimum Gasteiger partial charge on any atom is -0.454 e. The molecule has 1 aromatic heterocycles. The zero-order valence-corrected chi connectivity index (χ0v) is 26.3. The predicted octanol–water partition coefficient (Wildman–Crippen LogP) is 13.2. The normalized spacial score (nSPS) is 11.3. The molecule has 9 aromatic rings. The fraction of sp³-hybridized carbons (Fsp3) is 0. The van der Waals surface area contributed by atoms with Crippen LogP contribution >= 0.6 is 0 Å². The van der Waals surface area contributed by atoms with Gasteiger partial charge in [-0.05, 0) is 75.0 Å². The van der Waals surface area contributed by atoms with Gasteiger partial charge < -0.3 is 9.32 Å². The topological polar surface area (TPSA) is 16.4 Å². The Balaban J connectivity index is 1.28. The average Bonchev–Trinajstić information content (AvgIpc) is 3.55. The third-order valence-corrected chi connectivity index (χ3v) is 9.29. The molecule has 1 heterocycles. The van der Waals surface area contributed by atoms with Gasteiger partial charge in [-0.1, -0.05) is 152 Å². The highest BCUT2D eigenvalue weighted by Gasteiger charge is 2.24. The standard InChI is InChI=1S/C46H31NO/c1-3-12-32(13-4-1)33-22-26-37(27-23-33)47(38-28-24-36(25-29-38)40-20-11-17-34-16-7-8-18-39(34)40)45-41(35-14-5-2-6-15-35)30-31-43-42-19-9-10-21-44(42)48-46(43)45/h1-31H. The summed E-state index contributed by atoms with van der Waals surface area (Å²) in [6, 6.07) is 66.8. The molecule has 0 fully saturated rings. The van der Waals surface area contributed by atoms with E-state index in [1.807, 2.05) is 6.07 Å². The third kappa shape index (κ3) is 4.83. The molecule has 0 bridgehead atoms. The largest absolute Gasteiger partial charge is 0.454 e. The molecule has 2 nitrogen and oxygen atoms in total. The maximum absolute atomic E-state index is 6.76. The number of furan rings is 1. The van der Waals surface area contributed by atoms with Gasteiger partial charge in [0.15, 0.2) is 5.58 Å². The second kappa shape index (κ2) is 11.8. The molecular weight excluding hydrogens is 583 g/mol. The Morgan fingerprint density at radius 3 is 1.60 bits per heavy atom. The molecule has 0 atom stereocenters. The first kappa shape index (κ1) is 27.9. The highest BCUT2D eigenvalue weighted by Crippen LogP contribution is 2.48. The second-order valence-corrected chi connectivity index (χ2v) is 12.1. The lowest BCUT2D eigenvalue weighted by atomic mass is 9.97. The summed E-state index contributed by atoms with van der Waals surface area (Å²) in [4.78, 5) is 2.36. The smallest absolute Gasteiger partial charge is 0.160 e. The first-order valence-corrected chi connectivity index (χ1v) is 16.4. The number of benzene rings is 8. The van der Waals surface area contributed by atoms with Gasteiger partial charge in [0, 0.05) is 27.7 Å². The van der Waals surface area contributed by atoms with Gasteiger partial charge >= 0.3 is 0 Å². The Morgan fingerprint density at radius 2 is 0.875 bits per heavy atom. The number of rotatable bonds is 6. The Hall–Kier alpha value is -6.38. The van der Waals surface area contributed by atoms with Crippen LogP contribution in [0, 0.1) is 0 Å². The van der Waals surface area contributed by atoms with E-state index in [0.29, 0.717) is 0 Å². The molecular formula is C46H31NO. The van der Waals surface area contributed by atoms with Gasteiger partial charge in [0.1, 0.15) is 5.58 Å². The molecule has 0 unspecified atom stereocenters. The second-order valence-electron chi connectivity index (χ2n) is 12.1. The first-order valence-electron chi connectivity index (χ1n) is 16.4. The van der Waals surface area contributed by atoms with E-state index < -0.39 is 0 Å². The van der Waals surface area contributed by atoms with Gasteiger partial charge in [-0.25, -0.2) is 0 Å². The van der Waals surface area contributed by atoms with E-state index in [-0.39, 0.29) is 0 Å². The van der Waals surface area contributed by atoms with Gasteiger partial charge in [-0.15, -0.1) is 0 Å². The monoisotopic (exact) mass is 613 g/mol. The molecule has 0 aliphatic rings. The molecule has 0 saturated carbocycles. The molecule has 9 rings (SSSR count). The average molecular weight is 614 g/mol. The van der Waals surface area contributed by atoms with Crippen LogP contribution in [-0.2, 0) is 0 Å². The zero-order valence-electron chi connectivity index (χ0n) is 26.3. The summed E-state index contributed by atoms with van der Waals surface area (Å²) in [5, 5.41) is 4.69. The van der Waals surface area contributed by atoms with Crippen molar-refractivity contribution in [2.24, 2.45) is 0 Å². The summed E-state index contributed by atoms with van der Waals surface area (Å²) in [6.07, 6.45) is 0. The molecule has 0 aliphatic carbocycles. The quantitative estimate of drug-likeness (QED) is 0.185. The van der Waals surface area contributed by atoms with Crippen LogP contribution in [0.5, 0.6) is 0 Å². The lowest BCUT2D eigenvalue weighted by Gasteiger charge is -2.28. The molecule has 2 heteroatoms. The summed E-state index contributed by atoms with van der Waals surface area (Å²) in [5.41, 5.74) is 11.9. The van der Waals surface area contributed by atoms with E-state index in [4.69, 9.17) is 4.42 Å². The van der Waals surface area contributed by atoms with Crippen molar-refractivity contribution >= 4 is 49.8 Å². The highest BCUT2D eigenvalue weighted by atomic mass is 16.3. The van der Waals surface area contributed by atoms with Crippen molar-refractivity contribution in [1.29, 1.82) is 0 Å². The number of para-hydroxylation sites is 1. The van der Waals surface area contributed by atoms with Crippen LogP contribution < -0.4 is 4.90 Å². The number of fused-ring (bicyclic) bond motifs is 4. The molecule has 226 valence electrons. The fourth-order valence-corrected chi connectivity index (χ4v) is 6.96. The van der Waals surface area contributed by atoms with Gasteiger partial charge in [0.05, 0.1) is 5.69 Å². The zero-order chi connectivity index (χ0) is 31.9. The van der Waals surface area contributed by atoms with E-state index in [2.05, 4.69) is 187 Å². The maximum Gasteiger partial charge on any atom is 0.160 e. The van der Waals surface area contributed by atoms with E-state index in [1.165, 1.54) is 33.0 Å². The summed E-state index contributed by atoms with van der Waals surface area (Å²) >= 11 is 0. The van der Waals surface area contributed by atoms with Crippen molar-refractivity contribution in [1.82, 2.24) is 0 Å². The lowest BCUT2D eigenvalue weighted by molar-refractivity contribution is 0.669. The van der Waals surface area contributed by atoms with Crippen LogP contribution in [0.15, 0.2) is 192 Å². The molecule has 0 aliphatic heterocycles. The van der Waals surface area contributed by atoms with Gasteiger partial charge in [0.2, 0.25) is 0 Å². The SMILES string of the molecule is c1ccc(-c2ccc(N(c3ccc(-c4cccc5ccccc45)cc3)c3c(-c4ccccc4)ccc4c3oc3ccccc34)cc2)cc1. The van der Waals surface area contributed by atoms with Crippen LogP contribution in [0.1, 0.15) is 0 Å². The summed E-state index contributed by atoms with van der Waals surface area (Å²) in [7, 11) is 0. The van der Waals surface area contributed by atoms with Crippen molar-refractivity contribution in [3.8, 4) is 33.4 Å². The van der Waals surface area contributed by atoms with Crippen LogP contribution in [0.4, 0.5) is 17.1 Å². The van der Waals surface area contributed by atoms with E-state index in [1.54, 1.807) is 0 Å². The number of hydrogen-bond acceptors (Lipinski definition) is 2. The summed E-state index contributed by atoms with van der Waals surface area (Å²) < 4.78 is 6.76. The molecule has 0 radical (unpaired) electrons. The van der Waals surface area contributed by atoms with Crippen molar-refractivity contribution in [2.45, 2.75) is 0 Å². The third-order valence-electron chi connectivity index (χ3n) is 9.29.